The summed E-state index contributed by atoms with van der Waals surface area (Å²) in [5.74, 6) is 0. The number of hydrogen-bond acceptors (Lipinski definition) is 8. The molecule has 0 spiro atoms. The molecule has 0 aliphatic rings. The van der Waals surface area contributed by atoms with E-state index in [1.807, 2.05) is 13.8 Å². The van der Waals surface area contributed by atoms with Gasteiger partial charge in [-0.15, -0.1) is 0 Å². The van der Waals surface area contributed by atoms with Gasteiger partial charge in [0.05, 0.1) is 12.2 Å². The number of hydrogen-bond donors (Lipinski definition) is 2. The lowest BCUT2D eigenvalue weighted by Gasteiger charge is -2.11. The Morgan fingerprint density at radius 1 is 0.750 bits per heavy atom. The van der Waals surface area contributed by atoms with Gasteiger partial charge in [-0.2, -0.15) is 0 Å². The van der Waals surface area contributed by atoms with E-state index in [2.05, 4.69) is 9.47 Å². The van der Waals surface area contributed by atoms with E-state index < -0.39 is 24.5 Å². The molecule has 0 bridgehead atoms. The Balaban J connectivity index is 0. The molecule has 0 aliphatic heterocycles. The summed E-state index contributed by atoms with van der Waals surface area (Å²) in [5.41, 5.74) is 0. The molecule has 0 aromatic heterocycles. The highest BCUT2D eigenvalue weighted by Gasteiger charge is 2.10. The molecule has 4 atom stereocenters. The van der Waals surface area contributed by atoms with Crippen molar-refractivity contribution in [3.63, 3.8) is 0 Å². The summed E-state index contributed by atoms with van der Waals surface area (Å²) in [7, 11) is 0. The van der Waals surface area contributed by atoms with Crippen molar-refractivity contribution in [3.8, 4) is 0 Å². The number of rotatable bonds is 8. The Labute approximate surface area is 144 Å². The minimum absolute atomic E-state index is 0.0186. The van der Waals surface area contributed by atoms with Gasteiger partial charge in [-0.05, 0) is 40.5 Å². The lowest BCUT2D eigenvalue weighted by Crippen LogP contribution is -2.19. The summed E-state index contributed by atoms with van der Waals surface area (Å²) in [6, 6.07) is 0. The second-order valence-electron chi connectivity index (χ2n) is 5.49. The van der Waals surface area contributed by atoms with Crippen molar-refractivity contribution in [2.45, 2.75) is 78.8 Å². The van der Waals surface area contributed by atoms with Crippen molar-refractivity contribution >= 4 is 12.3 Å². The second kappa shape index (κ2) is 15.0. The van der Waals surface area contributed by atoms with E-state index in [1.165, 1.54) is 13.8 Å². The molecule has 0 radical (unpaired) electrons. The van der Waals surface area contributed by atoms with Gasteiger partial charge in [0.2, 0.25) is 0 Å². The van der Waals surface area contributed by atoms with Crippen LogP contribution >= 0.6 is 0 Å². The van der Waals surface area contributed by atoms with Gasteiger partial charge in [-0.3, -0.25) is 0 Å². The topological polar surface area (TPSA) is 112 Å². The van der Waals surface area contributed by atoms with Crippen molar-refractivity contribution < 1.29 is 38.7 Å². The molecule has 0 saturated heterocycles. The van der Waals surface area contributed by atoms with Gasteiger partial charge in [0.15, 0.2) is 0 Å². The molecule has 0 aromatic rings. The average Bonchev–Trinajstić information content (AvgIpc) is 2.51. The fourth-order valence-corrected chi connectivity index (χ4v) is 0.941. The SMILES string of the molecule is CCC(C)OC(=O)OCC(C)O.CCC(C)OC(=O)OCC(C)O. The van der Waals surface area contributed by atoms with Crippen LogP contribution in [-0.2, 0) is 18.9 Å². The van der Waals surface area contributed by atoms with E-state index in [0.29, 0.717) is 0 Å². The number of carbonyl (C=O) groups excluding carboxylic acids is 2. The van der Waals surface area contributed by atoms with Gasteiger partial charge in [0.25, 0.3) is 0 Å². The van der Waals surface area contributed by atoms with Crippen molar-refractivity contribution in [3.05, 3.63) is 0 Å². The number of ether oxygens (including phenoxy) is 4. The van der Waals surface area contributed by atoms with Crippen LogP contribution in [0.5, 0.6) is 0 Å². The summed E-state index contributed by atoms with van der Waals surface area (Å²) in [6.45, 7) is 10.4. The molecule has 144 valence electrons. The van der Waals surface area contributed by atoms with Crippen LogP contribution in [0, 0.1) is 0 Å². The molecule has 0 amide bonds. The summed E-state index contributed by atoms with van der Waals surface area (Å²) >= 11 is 0. The van der Waals surface area contributed by atoms with Gasteiger partial charge >= 0.3 is 12.3 Å². The molecular weight excluding hydrogens is 320 g/mol. The van der Waals surface area contributed by atoms with Crippen LogP contribution in [-0.4, -0.2) is 60.2 Å². The van der Waals surface area contributed by atoms with Crippen molar-refractivity contribution in [2.75, 3.05) is 13.2 Å². The zero-order chi connectivity index (χ0) is 19.1. The van der Waals surface area contributed by atoms with Crippen LogP contribution in [0.25, 0.3) is 0 Å². The minimum atomic E-state index is -0.717. The van der Waals surface area contributed by atoms with Gasteiger partial charge < -0.3 is 29.2 Å². The minimum Gasteiger partial charge on any atom is -0.432 e. The van der Waals surface area contributed by atoms with Crippen molar-refractivity contribution in [2.24, 2.45) is 0 Å². The van der Waals surface area contributed by atoms with Crippen LogP contribution in [0.1, 0.15) is 54.4 Å². The summed E-state index contributed by atoms with van der Waals surface area (Å²) < 4.78 is 18.7. The zero-order valence-electron chi connectivity index (χ0n) is 15.5. The standard InChI is InChI=1S/2C8H16O4/c2*1-4-7(3)12-8(10)11-5-6(2)9/h2*6-7,9H,4-5H2,1-3H3. The van der Waals surface area contributed by atoms with E-state index in [9.17, 15) is 9.59 Å². The van der Waals surface area contributed by atoms with Crippen molar-refractivity contribution in [1.82, 2.24) is 0 Å². The Kier molecular flexibility index (Phi) is 15.5. The van der Waals surface area contributed by atoms with Crippen LogP contribution in [0.3, 0.4) is 0 Å². The van der Waals surface area contributed by atoms with E-state index in [4.69, 9.17) is 19.7 Å². The number of aliphatic hydroxyl groups excluding tert-OH is 2. The first-order valence-corrected chi connectivity index (χ1v) is 8.15. The first kappa shape index (κ1) is 24.7. The smallest absolute Gasteiger partial charge is 0.432 e. The zero-order valence-corrected chi connectivity index (χ0v) is 15.5. The van der Waals surface area contributed by atoms with Crippen LogP contribution < -0.4 is 0 Å². The highest BCUT2D eigenvalue weighted by molar-refractivity contribution is 5.60. The number of carbonyl (C=O) groups is 2. The first-order chi connectivity index (χ1) is 11.1. The third-order valence-corrected chi connectivity index (χ3v) is 2.63. The van der Waals surface area contributed by atoms with Gasteiger partial charge in [0.1, 0.15) is 25.4 Å². The van der Waals surface area contributed by atoms with Gasteiger partial charge in [-0.25, -0.2) is 9.59 Å². The summed E-state index contributed by atoms with van der Waals surface area (Å²) in [4.78, 5) is 21.5. The molecule has 0 rings (SSSR count). The normalized spacial score (nSPS) is 15.0. The van der Waals surface area contributed by atoms with Gasteiger partial charge in [-0.1, -0.05) is 13.8 Å². The average molecular weight is 352 g/mol. The summed E-state index contributed by atoms with van der Waals surface area (Å²) in [6.07, 6.45) is -1.48. The number of aliphatic hydroxyl groups is 2. The molecule has 0 aliphatic carbocycles. The molecule has 8 nitrogen and oxygen atoms in total. The van der Waals surface area contributed by atoms with E-state index in [0.717, 1.165) is 12.8 Å². The Bertz CT molecular complexity index is 298. The lowest BCUT2D eigenvalue weighted by atomic mass is 10.3. The summed E-state index contributed by atoms with van der Waals surface area (Å²) in [5, 5.41) is 17.5. The third kappa shape index (κ3) is 18.5. The largest absolute Gasteiger partial charge is 0.508 e. The Hall–Kier alpha value is -1.54. The molecule has 8 heteroatoms. The molecule has 4 unspecified atom stereocenters. The monoisotopic (exact) mass is 352 g/mol. The quantitative estimate of drug-likeness (QED) is 0.641. The maximum absolute atomic E-state index is 10.8. The molecule has 24 heavy (non-hydrogen) atoms. The van der Waals surface area contributed by atoms with Crippen molar-refractivity contribution in [1.29, 1.82) is 0 Å². The molecular formula is C16H32O8. The lowest BCUT2D eigenvalue weighted by molar-refractivity contribution is 0.00456. The van der Waals surface area contributed by atoms with Crippen LogP contribution in [0.2, 0.25) is 0 Å². The Morgan fingerprint density at radius 3 is 1.25 bits per heavy atom. The Morgan fingerprint density at radius 2 is 1.04 bits per heavy atom. The maximum Gasteiger partial charge on any atom is 0.508 e. The predicted octanol–water partition coefficient (Wildman–Crippen LogP) is 2.64. The van der Waals surface area contributed by atoms with E-state index >= 15 is 0 Å². The van der Waals surface area contributed by atoms with E-state index in [-0.39, 0.29) is 25.4 Å². The second-order valence-corrected chi connectivity index (χ2v) is 5.49. The molecule has 0 aromatic carbocycles. The molecule has 0 fully saturated rings. The fraction of sp³-hybridized carbons (Fsp3) is 0.875. The van der Waals surface area contributed by atoms with E-state index in [1.54, 1.807) is 13.8 Å². The molecule has 0 saturated carbocycles. The first-order valence-electron chi connectivity index (χ1n) is 8.15. The molecule has 2 N–H and O–H groups in total. The van der Waals surface area contributed by atoms with Crippen LogP contribution in [0.4, 0.5) is 9.59 Å². The fourth-order valence-electron chi connectivity index (χ4n) is 0.941. The van der Waals surface area contributed by atoms with Gasteiger partial charge in [0, 0.05) is 0 Å². The third-order valence-electron chi connectivity index (χ3n) is 2.63. The predicted molar refractivity (Wildman–Crippen MR) is 87.7 cm³/mol. The van der Waals surface area contributed by atoms with Crippen LogP contribution in [0.15, 0.2) is 0 Å². The maximum atomic E-state index is 10.8. The highest BCUT2D eigenvalue weighted by Crippen LogP contribution is 1.99. The molecule has 0 heterocycles. The highest BCUT2D eigenvalue weighted by atomic mass is 16.7.